The lowest BCUT2D eigenvalue weighted by Gasteiger charge is -2.50. The Morgan fingerprint density at radius 2 is 1.40 bits per heavy atom. The molecule has 1 N–H and O–H groups in total. The van der Waals surface area contributed by atoms with Crippen molar-refractivity contribution in [2.75, 3.05) is 38.2 Å². The molecular formula is C45H51N6O5P. The summed E-state index contributed by atoms with van der Waals surface area (Å²) in [7, 11) is -1.56. The standard InChI is InChI=1S/C45H51N6O5P/c1-33(2)51(34(3)4)57(54-28-27-46-6)55-32-40-30-49(45(37-21-13-8-14-22-37,38-23-15-9-16-24-38)39-25-17-10-18-26-39)31-41(56-40)50-29-35(5)42(48-44(50)53)47-43(52)36-19-11-7-12-20-36/h7-26,29,33-34,40-41H,27-28,30-32H2,1-5H3,(H,47,48,52,53)/t40?,41-,57?/m1/s1. The van der Waals surface area contributed by atoms with Gasteiger partial charge >= 0.3 is 5.69 Å². The topological polar surface area (TPSA) is 103 Å². The predicted molar refractivity (Wildman–Crippen MR) is 225 cm³/mol. The molecule has 296 valence electrons. The third-order valence-corrected chi connectivity index (χ3v) is 12.0. The van der Waals surface area contributed by atoms with E-state index >= 15 is 0 Å². The summed E-state index contributed by atoms with van der Waals surface area (Å²) in [5.74, 6) is -0.166. The second kappa shape index (κ2) is 19.4. The number of hydrogen-bond acceptors (Lipinski definition) is 8. The molecule has 0 saturated carbocycles. The fourth-order valence-electron chi connectivity index (χ4n) is 7.55. The summed E-state index contributed by atoms with van der Waals surface area (Å²) in [5, 5.41) is 2.82. The molecule has 1 aliphatic heterocycles. The average Bonchev–Trinajstić information content (AvgIpc) is 3.22. The maximum Gasteiger partial charge on any atom is 0.351 e. The van der Waals surface area contributed by atoms with Crippen LogP contribution in [0.25, 0.3) is 4.85 Å². The van der Waals surface area contributed by atoms with E-state index in [0.717, 1.165) is 16.7 Å². The fraction of sp³-hybridized carbons (Fsp3) is 0.333. The van der Waals surface area contributed by atoms with Crippen molar-refractivity contribution in [3.8, 4) is 0 Å². The average molecular weight is 787 g/mol. The summed E-state index contributed by atoms with van der Waals surface area (Å²) in [5.41, 5.74) is 2.86. The minimum absolute atomic E-state index is 0.121. The minimum atomic E-state index is -1.56. The first-order valence-corrected chi connectivity index (χ1v) is 20.5. The number of aryl methyl sites for hydroxylation is 1. The van der Waals surface area contributed by atoms with Crippen molar-refractivity contribution < 1.29 is 18.6 Å². The molecule has 0 aliphatic carbocycles. The number of nitrogens with one attached hydrogen (secondary N) is 1. The fourth-order valence-corrected chi connectivity index (χ4v) is 9.17. The third-order valence-electron chi connectivity index (χ3n) is 9.93. The quantitative estimate of drug-likeness (QED) is 0.0462. The molecule has 1 amide bonds. The molecule has 1 saturated heterocycles. The van der Waals surface area contributed by atoms with Crippen LogP contribution in [0.3, 0.4) is 0 Å². The number of carbonyl (C=O) groups excluding carboxylic acids is 1. The highest BCUT2D eigenvalue weighted by Crippen LogP contribution is 2.48. The van der Waals surface area contributed by atoms with Crippen molar-refractivity contribution in [2.45, 2.75) is 64.6 Å². The summed E-state index contributed by atoms with van der Waals surface area (Å²) < 4.78 is 23.5. The van der Waals surface area contributed by atoms with Crippen LogP contribution >= 0.6 is 8.53 Å². The molecule has 3 atom stereocenters. The first-order chi connectivity index (χ1) is 27.6. The van der Waals surface area contributed by atoms with Crippen LogP contribution in [0.1, 0.15) is 66.5 Å². The largest absolute Gasteiger partial charge is 0.351 e. The number of aromatic nitrogens is 2. The van der Waals surface area contributed by atoms with Gasteiger partial charge in [-0.1, -0.05) is 109 Å². The molecule has 2 unspecified atom stereocenters. The number of anilines is 1. The molecule has 12 heteroatoms. The first-order valence-electron chi connectivity index (χ1n) is 19.3. The monoisotopic (exact) mass is 786 g/mol. The summed E-state index contributed by atoms with van der Waals surface area (Å²) in [6, 6.07) is 40.3. The highest BCUT2D eigenvalue weighted by Gasteiger charge is 2.47. The van der Waals surface area contributed by atoms with Gasteiger partial charge in [0, 0.05) is 42.5 Å². The van der Waals surface area contributed by atoms with E-state index in [0.29, 0.717) is 24.2 Å². The van der Waals surface area contributed by atoms with Gasteiger partial charge in [0.1, 0.15) is 12.4 Å². The highest BCUT2D eigenvalue weighted by molar-refractivity contribution is 7.44. The summed E-state index contributed by atoms with van der Waals surface area (Å²) >= 11 is 0. The van der Waals surface area contributed by atoms with Gasteiger partial charge in [0.15, 0.2) is 6.23 Å². The van der Waals surface area contributed by atoms with E-state index in [9.17, 15) is 9.59 Å². The van der Waals surface area contributed by atoms with E-state index in [-0.39, 0.29) is 43.6 Å². The smallest absolute Gasteiger partial charge is 0.350 e. The van der Waals surface area contributed by atoms with Crippen LogP contribution < -0.4 is 11.0 Å². The van der Waals surface area contributed by atoms with Crippen molar-refractivity contribution >= 4 is 20.3 Å². The van der Waals surface area contributed by atoms with Gasteiger partial charge in [0.05, 0.1) is 18.2 Å². The number of rotatable bonds is 16. The van der Waals surface area contributed by atoms with Crippen LogP contribution in [-0.2, 0) is 19.3 Å². The van der Waals surface area contributed by atoms with E-state index in [2.05, 4.69) is 125 Å². The number of nitrogens with zero attached hydrogens (tertiary/aromatic N) is 5. The van der Waals surface area contributed by atoms with Gasteiger partial charge in [-0.05, 0) is 63.4 Å². The molecule has 2 heterocycles. The normalized spacial score (nSPS) is 16.8. The lowest BCUT2D eigenvalue weighted by atomic mass is 9.75. The molecule has 4 aromatic carbocycles. The number of morpholine rings is 1. The summed E-state index contributed by atoms with van der Waals surface area (Å²) in [6.45, 7) is 18.9. The van der Waals surface area contributed by atoms with Crippen molar-refractivity contribution in [1.82, 2.24) is 19.1 Å². The zero-order valence-corrected chi connectivity index (χ0v) is 34.1. The van der Waals surface area contributed by atoms with E-state index in [1.807, 2.05) is 31.2 Å². The third kappa shape index (κ3) is 9.57. The van der Waals surface area contributed by atoms with Crippen LogP contribution in [0.2, 0.25) is 0 Å². The molecule has 11 nitrogen and oxygen atoms in total. The second-order valence-electron chi connectivity index (χ2n) is 14.5. The highest BCUT2D eigenvalue weighted by atomic mass is 31.2. The van der Waals surface area contributed by atoms with Crippen LogP contribution in [0.5, 0.6) is 0 Å². The lowest BCUT2D eigenvalue weighted by molar-refractivity contribution is -0.149. The van der Waals surface area contributed by atoms with Gasteiger partial charge in [-0.15, -0.1) is 0 Å². The molecule has 6 rings (SSSR count). The second-order valence-corrected chi connectivity index (χ2v) is 16.0. The molecule has 1 fully saturated rings. The Bertz CT molecular complexity index is 2040. The number of amides is 1. The maximum absolute atomic E-state index is 14.1. The van der Waals surface area contributed by atoms with E-state index in [4.69, 9.17) is 20.4 Å². The van der Waals surface area contributed by atoms with Crippen LogP contribution in [-0.4, -0.2) is 76.1 Å². The molecule has 0 radical (unpaired) electrons. The van der Waals surface area contributed by atoms with E-state index < -0.39 is 32.1 Å². The van der Waals surface area contributed by atoms with Crippen molar-refractivity contribution in [3.63, 3.8) is 0 Å². The molecule has 0 bridgehead atoms. The summed E-state index contributed by atoms with van der Waals surface area (Å²) in [4.78, 5) is 37.4. The summed E-state index contributed by atoms with van der Waals surface area (Å²) in [6.07, 6.45) is 0.386. The van der Waals surface area contributed by atoms with Gasteiger partial charge in [-0.3, -0.25) is 14.3 Å². The Hall–Kier alpha value is -5.05. The van der Waals surface area contributed by atoms with Gasteiger partial charge in [0.2, 0.25) is 6.54 Å². The molecule has 57 heavy (non-hydrogen) atoms. The molecule has 0 spiro atoms. The Balaban J connectivity index is 1.44. The van der Waals surface area contributed by atoms with Gasteiger partial charge in [0.25, 0.3) is 14.4 Å². The van der Waals surface area contributed by atoms with Crippen LogP contribution in [0.15, 0.2) is 132 Å². The zero-order valence-electron chi connectivity index (χ0n) is 33.2. The van der Waals surface area contributed by atoms with Gasteiger partial charge in [-0.25, -0.2) is 16.0 Å². The number of hydrogen-bond donors (Lipinski definition) is 1. The Labute approximate surface area is 337 Å². The maximum atomic E-state index is 14.1. The molecular weight excluding hydrogens is 736 g/mol. The first kappa shape index (κ1) is 41.6. The molecule has 1 aliphatic rings. The predicted octanol–water partition coefficient (Wildman–Crippen LogP) is 8.29. The van der Waals surface area contributed by atoms with Gasteiger partial charge in [-0.2, -0.15) is 4.98 Å². The minimum Gasteiger partial charge on any atom is -0.350 e. The van der Waals surface area contributed by atoms with Crippen molar-refractivity contribution in [1.29, 1.82) is 0 Å². The molecule has 5 aromatic rings. The van der Waals surface area contributed by atoms with Crippen molar-refractivity contribution in [3.05, 3.63) is 177 Å². The number of carbonyl (C=O) groups is 1. The van der Waals surface area contributed by atoms with E-state index in [1.165, 1.54) is 4.57 Å². The molecule has 1 aromatic heterocycles. The number of ether oxygens (including phenoxy) is 1. The Morgan fingerprint density at radius 1 is 0.877 bits per heavy atom. The lowest BCUT2D eigenvalue weighted by Crippen LogP contribution is -2.58. The zero-order chi connectivity index (χ0) is 40.4. The van der Waals surface area contributed by atoms with Gasteiger partial charge < -0.3 is 23.9 Å². The Kier molecular flexibility index (Phi) is 14.2. The van der Waals surface area contributed by atoms with Crippen molar-refractivity contribution in [2.24, 2.45) is 0 Å². The van der Waals surface area contributed by atoms with Crippen LogP contribution in [0, 0.1) is 13.5 Å². The Morgan fingerprint density at radius 3 is 1.91 bits per heavy atom. The SMILES string of the molecule is [C-]#[N+]CCOP(OCC1CN(C(c2ccccc2)(c2ccccc2)c2ccccc2)C[C@H](n2cc(C)c(NC(=O)c3ccccc3)nc2=O)O1)N(C(C)C)C(C)C. The number of benzene rings is 4. The van der Waals surface area contributed by atoms with Crippen LogP contribution in [0.4, 0.5) is 5.82 Å². The van der Waals surface area contributed by atoms with E-state index in [1.54, 1.807) is 30.5 Å².